The van der Waals surface area contributed by atoms with Crippen molar-refractivity contribution in [3.05, 3.63) is 64.2 Å². The lowest BCUT2D eigenvalue weighted by molar-refractivity contribution is -0.143. The third kappa shape index (κ3) is 5.23. The van der Waals surface area contributed by atoms with Gasteiger partial charge in [0.05, 0.1) is 20.9 Å². The predicted molar refractivity (Wildman–Crippen MR) is 87.0 cm³/mol. The van der Waals surface area contributed by atoms with Crippen molar-refractivity contribution in [2.24, 2.45) is 4.36 Å². The number of hydrogen-bond acceptors (Lipinski definition) is 2. The first kappa shape index (κ1) is 21.2. The van der Waals surface area contributed by atoms with E-state index in [1.54, 1.807) is 0 Å². The zero-order valence-corrected chi connectivity index (χ0v) is 14.9. The fourth-order valence-corrected chi connectivity index (χ4v) is 3.32. The van der Waals surface area contributed by atoms with E-state index in [0.717, 1.165) is 6.26 Å². The van der Waals surface area contributed by atoms with Crippen LogP contribution >= 0.6 is 11.6 Å². The van der Waals surface area contributed by atoms with Crippen LogP contribution in [0, 0.1) is 0 Å². The molecule has 3 nitrogen and oxygen atoms in total. The molecule has 0 aliphatic carbocycles. The molecule has 0 aliphatic rings. The van der Waals surface area contributed by atoms with E-state index in [9.17, 15) is 35.3 Å². The van der Waals surface area contributed by atoms with E-state index in [4.69, 9.17) is 11.6 Å². The molecule has 0 aromatic heterocycles. The fourth-order valence-electron chi connectivity index (χ4n) is 2.03. The molecule has 0 unspecified atom stereocenters. The van der Waals surface area contributed by atoms with Crippen molar-refractivity contribution in [2.45, 2.75) is 17.2 Å². The number of amides is 1. The van der Waals surface area contributed by atoms with Crippen molar-refractivity contribution < 1.29 is 35.3 Å². The van der Waals surface area contributed by atoms with Crippen molar-refractivity contribution in [1.29, 1.82) is 0 Å². The normalized spacial score (nSPS) is 14.5. The molecule has 2 aromatic carbocycles. The summed E-state index contributed by atoms with van der Waals surface area (Å²) in [6, 6.07) is 5.64. The Balaban J connectivity index is 2.58. The number of hydrogen-bond donors (Lipinski definition) is 0. The number of rotatable bonds is 2. The van der Waals surface area contributed by atoms with Crippen LogP contribution in [0.3, 0.4) is 0 Å². The van der Waals surface area contributed by atoms with Crippen LogP contribution in [0.5, 0.6) is 0 Å². The van der Waals surface area contributed by atoms with E-state index < -0.39 is 44.7 Å². The second-order valence-corrected chi connectivity index (χ2v) is 8.14. The Labute approximate surface area is 155 Å². The summed E-state index contributed by atoms with van der Waals surface area (Å²) in [6.07, 6.45) is -9.19. The van der Waals surface area contributed by atoms with Gasteiger partial charge >= 0.3 is 12.4 Å². The molecule has 0 saturated heterocycles. The smallest absolute Gasteiger partial charge is 0.266 e. The molecule has 27 heavy (non-hydrogen) atoms. The van der Waals surface area contributed by atoms with Gasteiger partial charge in [0.1, 0.15) is 0 Å². The van der Waals surface area contributed by atoms with Gasteiger partial charge in [-0.15, -0.1) is 0 Å². The van der Waals surface area contributed by atoms with E-state index >= 15 is 0 Å². The van der Waals surface area contributed by atoms with Crippen molar-refractivity contribution in [3.63, 3.8) is 0 Å². The minimum Gasteiger partial charge on any atom is -0.266 e. The highest BCUT2D eigenvalue weighted by Crippen LogP contribution is 2.36. The Hall–Kier alpha value is -2.07. The molecule has 2 aromatic rings. The van der Waals surface area contributed by atoms with Crippen molar-refractivity contribution in [2.75, 3.05) is 6.26 Å². The molecule has 2 rings (SSSR count). The van der Waals surface area contributed by atoms with Crippen molar-refractivity contribution >= 4 is 27.2 Å². The monoisotopic (exact) mass is 429 g/mol. The molecule has 0 fully saturated rings. The van der Waals surface area contributed by atoms with Crippen LogP contribution in [-0.4, -0.2) is 16.4 Å². The Bertz CT molecular complexity index is 957. The Morgan fingerprint density at radius 1 is 0.926 bits per heavy atom. The molecule has 0 heterocycles. The average Bonchev–Trinajstić information content (AvgIpc) is 2.52. The Morgan fingerprint density at radius 2 is 1.37 bits per heavy atom. The van der Waals surface area contributed by atoms with Crippen LogP contribution < -0.4 is 0 Å². The molecule has 1 amide bonds. The molecule has 0 bridgehead atoms. The minimum absolute atomic E-state index is 0.0447. The van der Waals surface area contributed by atoms with E-state index in [1.807, 2.05) is 0 Å². The summed E-state index contributed by atoms with van der Waals surface area (Å²) in [5.74, 6) is -1.46. The van der Waals surface area contributed by atoms with E-state index in [0.29, 0.717) is 5.02 Å². The SMILES string of the molecule is C[S@@](=O)(=NC(=O)c1cc(C(F)(F)F)cc(C(F)(F)F)c1)c1ccc(Cl)cc1. The minimum atomic E-state index is -5.11. The topological polar surface area (TPSA) is 46.5 Å². The summed E-state index contributed by atoms with van der Waals surface area (Å²) in [6.45, 7) is 0. The lowest BCUT2D eigenvalue weighted by atomic mass is 10.0. The third-order valence-electron chi connectivity index (χ3n) is 3.34. The average molecular weight is 430 g/mol. The zero-order valence-electron chi connectivity index (χ0n) is 13.4. The van der Waals surface area contributed by atoms with Gasteiger partial charge in [-0.25, -0.2) is 4.21 Å². The zero-order chi connectivity index (χ0) is 20.6. The van der Waals surface area contributed by atoms with Crippen LogP contribution in [0.2, 0.25) is 5.02 Å². The van der Waals surface area contributed by atoms with Crippen LogP contribution in [-0.2, 0) is 22.1 Å². The predicted octanol–water partition coefficient (Wildman–Crippen LogP) is 5.67. The van der Waals surface area contributed by atoms with Crippen molar-refractivity contribution in [3.8, 4) is 0 Å². The van der Waals surface area contributed by atoms with E-state index in [1.165, 1.54) is 24.3 Å². The van der Waals surface area contributed by atoms with E-state index in [2.05, 4.69) is 4.36 Å². The number of benzene rings is 2. The summed E-state index contributed by atoms with van der Waals surface area (Å²) in [5, 5.41) is 0.299. The summed E-state index contributed by atoms with van der Waals surface area (Å²) < 4.78 is 93.1. The molecule has 0 spiro atoms. The molecule has 11 heteroatoms. The van der Waals surface area contributed by atoms with E-state index in [-0.39, 0.29) is 23.1 Å². The number of carbonyl (C=O) groups is 1. The summed E-state index contributed by atoms with van der Waals surface area (Å²) in [5.41, 5.74) is -4.30. The number of alkyl halides is 6. The maximum Gasteiger partial charge on any atom is 0.416 e. The van der Waals surface area contributed by atoms with Gasteiger partial charge in [0.15, 0.2) is 0 Å². The van der Waals surface area contributed by atoms with Crippen LogP contribution in [0.25, 0.3) is 0 Å². The highest BCUT2D eigenvalue weighted by molar-refractivity contribution is 7.93. The molecular weight excluding hydrogens is 420 g/mol. The third-order valence-corrected chi connectivity index (χ3v) is 5.26. The maximum absolute atomic E-state index is 12.9. The van der Waals surface area contributed by atoms with Gasteiger partial charge in [-0.3, -0.25) is 4.79 Å². The fraction of sp³-hybridized carbons (Fsp3) is 0.188. The summed E-state index contributed by atoms with van der Waals surface area (Å²) >= 11 is 5.68. The second-order valence-electron chi connectivity index (χ2n) is 5.45. The summed E-state index contributed by atoms with van der Waals surface area (Å²) in [4.78, 5) is 12.2. The van der Waals surface area contributed by atoms with Gasteiger partial charge in [-0.05, 0) is 42.5 Å². The molecular formula is C16H10ClF6NO2S. The van der Waals surface area contributed by atoms with Crippen LogP contribution in [0.4, 0.5) is 26.3 Å². The first-order valence-electron chi connectivity index (χ1n) is 7.02. The van der Waals surface area contributed by atoms with Gasteiger partial charge in [0, 0.05) is 21.7 Å². The Kier molecular flexibility index (Phi) is 5.63. The lowest BCUT2D eigenvalue weighted by Crippen LogP contribution is -2.13. The van der Waals surface area contributed by atoms with Gasteiger partial charge in [-0.1, -0.05) is 11.6 Å². The number of carbonyl (C=O) groups excluding carboxylic acids is 1. The van der Waals surface area contributed by atoms with Gasteiger partial charge < -0.3 is 0 Å². The molecule has 146 valence electrons. The standard InChI is InChI=1S/C16H10ClF6NO2S/c1-27(26,13-4-2-12(17)3-5-13)24-14(25)9-6-10(15(18,19)20)8-11(7-9)16(21,22)23/h2-8H,1H3/t27-/m0/s1. The number of halogens is 7. The quantitative estimate of drug-likeness (QED) is 0.577. The molecule has 0 radical (unpaired) electrons. The molecule has 1 atom stereocenters. The maximum atomic E-state index is 12.9. The molecule has 0 aliphatic heterocycles. The van der Waals surface area contributed by atoms with Crippen LogP contribution in [0.15, 0.2) is 51.7 Å². The summed E-state index contributed by atoms with van der Waals surface area (Å²) in [7, 11) is -3.42. The Morgan fingerprint density at radius 3 is 1.78 bits per heavy atom. The van der Waals surface area contributed by atoms with Crippen LogP contribution in [0.1, 0.15) is 21.5 Å². The van der Waals surface area contributed by atoms with Gasteiger partial charge in [0.25, 0.3) is 5.91 Å². The first-order chi connectivity index (χ1) is 12.2. The van der Waals surface area contributed by atoms with Gasteiger partial charge in [0.2, 0.25) is 0 Å². The first-order valence-corrected chi connectivity index (χ1v) is 9.32. The molecule has 0 N–H and O–H groups in total. The number of nitrogens with zero attached hydrogens (tertiary/aromatic N) is 1. The molecule has 0 saturated carbocycles. The lowest BCUT2D eigenvalue weighted by Gasteiger charge is -2.13. The highest BCUT2D eigenvalue weighted by Gasteiger charge is 2.37. The van der Waals surface area contributed by atoms with Crippen molar-refractivity contribution in [1.82, 2.24) is 0 Å². The highest BCUT2D eigenvalue weighted by atomic mass is 35.5. The van der Waals surface area contributed by atoms with Gasteiger partial charge in [-0.2, -0.15) is 30.7 Å². The largest absolute Gasteiger partial charge is 0.416 e. The second kappa shape index (κ2) is 7.16.